The fourth-order valence-electron chi connectivity index (χ4n) is 3.28. The Morgan fingerprint density at radius 3 is 2.42 bits per heavy atom. The zero-order chi connectivity index (χ0) is 14.2. The fraction of sp³-hybridized carbons (Fsp3) is 0.533. The zero-order valence-electron chi connectivity index (χ0n) is 11.2. The Hall–Kier alpha value is -1.42. The number of aliphatic hydroxyl groups is 1. The molecule has 3 atom stereocenters. The number of hydrogen-bond acceptors (Lipinski definition) is 2. The maximum absolute atomic E-state index is 13.3. The number of carboxylic acid groups (broad SMARTS) is 1. The number of benzene rings is 1. The van der Waals surface area contributed by atoms with Crippen molar-refractivity contribution in [2.24, 2.45) is 11.8 Å². The summed E-state index contributed by atoms with van der Waals surface area (Å²) >= 11 is 0. The van der Waals surface area contributed by atoms with E-state index in [0.717, 1.165) is 6.42 Å². The topological polar surface area (TPSA) is 57.5 Å². The molecule has 0 saturated heterocycles. The van der Waals surface area contributed by atoms with E-state index in [1.54, 1.807) is 13.8 Å². The van der Waals surface area contributed by atoms with Gasteiger partial charge in [0.25, 0.3) is 0 Å². The van der Waals surface area contributed by atoms with Crippen molar-refractivity contribution in [3.8, 4) is 0 Å². The Labute approximate surface area is 112 Å². The van der Waals surface area contributed by atoms with E-state index in [4.69, 9.17) is 0 Å². The maximum atomic E-state index is 13.3. The molecule has 104 valence electrons. The van der Waals surface area contributed by atoms with Gasteiger partial charge >= 0.3 is 5.97 Å². The van der Waals surface area contributed by atoms with Gasteiger partial charge in [0, 0.05) is 5.92 Å². The lowest BCUT2D eigenvalue weighted by molar-refractivity contribution is -0.144. The summed E-state index contributed by atoms with van der Waals surface area (Å²) in [5, 5.41) is 19.7. The van der Waals surface area contributed by atoms with E-state index >= 15 is 0 Å². The molecule has 4 heteroatoms. The fourth-order valence-corrected chi connectivity index (χ4v) is 3.28. The van der Waals surface area contributed by atoms with Crippen LogP contribution in [0, 0.1) is 31.5 Å². The van der Waals surface area contributed by atoms with Crippen molar-refractivity contribution in [1.82, 2.24) is 0 Å². The van der Waals surface area contributed by atoms with Crippen LogP contribution in [0.25, 0.3) is 0 Å². The lowest BCUT2D eigenvalue weighted by Crippen LogP contribution is -2.24. The third kappa shape index (κ3) is 2.63. The number of hydrogen-bond donors (Lipinski definition) is 2. The van der Waals surface area contributed by atoms with E-state index in [0.29, 0.717) is 29.5 Å². The third-order valence-corrected chi connectivity index (χ3v) is 4.15. The van der Waals surface area contributed by atoms with Gasteiger partial charge in [-0.2, -0.15) is 0 Å². The molecule has 0 radical (unpaired) electrons. The second kappa shape index (κ2) is 5.29. The highest BCUT2D eigenvalue weighted by molar-refractivity contribution is 5.71. The minimum atomic E-state index is -0.848. The minimum Gasteiger partial charge on any atom is -0.481 e. The first-order valence-corrected chi connectivity index (χ1v) is 6.59. The van der Waals surface area contributed by atoms with Crippen LogP contribution < -0.4 is 0 Å². The first kappa shape index (κ1) is 14.0. The molecular weight excluding hydrogens is 247 g/mol. The number of halogens is 1. The van der Waals surface area contributed by atoms with Crippen molar-refractivity contribution in [3.05, 3.63) is 34.6 Å². The van der Waals surface area contributed by atoms with Gasteiger partial charge in [0.1, 0.15) is 5.82 Å². The highest BCUT2D eigenvalue weighted by atomic mass is 19.1. The van der Waals surface area contributed by atoms with Crippen molar-refractivity contribution in [3.63, 3.8) is 0 Å². The number of rotatable bonds is 3. The monoisotopic (exact) mass is 266 g/mol. The van der Waals surface area contributed by atoms with E-state index < -0.39 is 18.0 Å². The van der Waals surface area contributed by atoms with Gasteiger partial charge in [-0.25, -0.2) is 4.39 Å². The quantitative estimate of drug-likeness (QED) is 0.884. The molecule has 1 aromatic rings. The highest BCUT2D eigenvalue weighted by Gasteiger charge is 2.38. The van der Waals surface area contributed by atoms with E-state index in [1.165, 1.54) is 12.1 Å². The highest BCUT2D eigenvalue weighted by Crippen LogP contribution is 2.42. The predicted octanol–water partition coefficient (Wildman–Crippen LogP) is 2.98. The van der Waals surface area contributed by atoms with Crippen LogP contribution in [0.3, 0.4) is 0 Å². The van der Waals surface area contributed by atoms with Crippen LogP contribution in [0.4, 0.5) is 4.39 Å². The van der Waals surface area contributed by atoms with Crippen molar-refractivity contribution < 1.29 is 19.4 Å². The summed E-state index contributed by atoms with van der Waals surface area (Å²) in [4.78, 5) is 11.2. The molecule has 0 amide bonds. The van der Waals surface area contributed by atoms with Crippen LogP contribution in [0.1, 0.15) is 42.1 Å². The van der Waals surface area contributed by atoms with Crippen molar-refractivity contribution in [2.75, 3.05) is 0 Å². The lowest BCUT2D eigenvalue weighted by Gasteiger charge is -2.25. The van der Waals surface area contributed by atoms with Crippen molar-refractivity contribution >= 4 is 5.97 Å². The molecule has 3 unspecified atom stereocenters. The van der Waals surface area contributed by atoms with Gasteiger partial charge in [-0.3, -0.25) is 4.79 Å². The van der Waals surface area contributed by atoms with Crippen molar-refractivity contribution in [2.45, 2.75) is 39.2 Å². The van der Waals surface area contributed by atoms with Gasteiger partial charge < -0.3 is 10.2 Å². The second-order valence-corrected chi connectivity index (χ2v) is 5.44. The molecule has 1 saturated carbocycles. The largest absolute Gasteiger partial charge is 0.481 e. The number of aryl methyl sites for hydroxylation is 2. The Balaban J connectivity index is 2.34. The van der Waals surface area contributed by atoms with E-state index in [-0.39, 0.29) is 11.7 Å². The normalized spacial score (nSPS) is 24.4. The van der Waals surface area contributed by atoms with E-state index in [1.807, 2.05) is 0 Å². The van der Waals surface area contributed by atoms with Crippen LogP contribution in [0.15, 0.2) is 12.1 Å². The van der Waals surface area contributed by atoms with Crippen LogP contribution in [-0.2, 0) is 4.79 Å². The Bertz CT molecular complexity index is 475. The number of aliphatic carboxylic acids is 1. The molecule has 3 nitrogen and oxygen atoms in total. The van der Waals surface area contributed by atoms with E-state index in [9.17, 15) is 19.4 Å². The van der Waals surface area contributed by atoms with Crippen LogP contribution in [0.2, 0.25) is 0 Å². The molecule has 0 aromatic heterocycles. The van der Waals surface area contributed by atoms with Crippen molar-refractivity contribution in [1.29, 1.82) is 0 Å². The average molecular weight is 266 g/mol. The van der Waals surface area contributed by atoms with Gasteiger partial charge in [0.2, 0.25) is 0 Å². The Morgan fingerprint density at radius 1 is 1.32 bits per heavy atom. The predicted molar refractivity (Wildman–Crippen MR) is 69.3 cm³/mol. The molecule has 1 aliphatic rings. The number of carbonyl (C=O) groups is 1. The molecule has 1 aromatic carbocycles. The SMILES string of the molecule is Cc1cc(F)cc(C)c1C(O)C1CCCC1C(=O)O. The minimum absolute atomic E-state index is 0.277. The third-order valence-electron chi connectivity index (χ3n) is 4.15. The standard InChI is InChI=1S/C15H19FO3/c1-8-6-10(16)7-9(2)13(8)14(17)11-4-3-5-12(11)15(18)19/h6-7,11-12,14,17H,3-5H2,1-2H3,(H,18,19). The molecule has 0 bridgehead atoms. The van der Waals surface area contributed by atoms with Crippen LogP contribution in [0.5, 0.6) is 0 Å². The van der Waals surface area contributed by atoms with Crippen LogP contribution in [-0.4, -0.2) is 16.2 Å². The first-order chi connectivity index (χ1) is 8.91. The molecule has 1 aliphatic carbocycles. The smallest absolute Gasteiger partial charge is 0.306 e. The summed E-state index contributed by atoms with van der Waals surface area (Å²) in [6, 6.07) is 2.77. The summed E-state index contributed by atoms with van der Waals surface area (Å²) in [7, 11) is 0. The van der Waals surface area contributed by atoms with E-state index in [2.05, 4.69) is 0 Å². The Morgan fingerprint density at radius 2 is 1.89 bits per heavy atom. The molecule has 2 N–H and O–H groups in total. The molecule has 19 heavy (non-hydrogen) atoms. The average Bonchev–Trinajstić information content (AvgIpc) is 2.75. The zero-order valence-corrected chi connectivity index (χ0v) is 11.2. The first-order valence-electron chi connectivity index (χ1n) is 6.59. The maximum Gasteiger partial charge on any atom is 0.306 e. The molecule has 0 spiro atoms. The molecule has 0 aliphatic heterocycles. The summed E-state index contributed by atoms with van der Waals surface area (Å²) in [5.74, 6) is -1.95. The second-order valence-electron chi connectivity index (χ2n) is 5.44. The van der Waals surface area contributed by atoms with Gasteiger partial charge in [0.15, 0.2) is 0 Å². The molecular formula is C15H19FO3. The summed E-state index contributed by atoms with van der Waals surface area (Å²) < 4.78 is 13.3. The molecule has 2 rings (SSSR count). The number of carboxylic acids is 1. The Kier molecular flexibility index (Phi) is 3.90. The summed E-state index contributed by atoms with van der Waals surface area (Å²) in [6.45, 7) is 3.50. The summed E-state index contributed by atoms with van der Waals surface area (Å²) in [6.07, 6.45) is 1.30. The molecule has 0 heterocycles. The molecule has 1 fully saturated rings. The van der Waals surface area contributed by atoms with Gasteiger partial charge in [-0.15, -0.1) is 0 Å². The lowest BCUT2D eigenvalue weighted by atomic mass is 9.84. The van der Waals surface area contributed by atoms with Crippen LogP contribution >= 0.6 is 0 Å². The van der Waals surface area contributed by atoms with Gasteiger partial charge in [-0.05, 0) is 55.5 Å². The van der Waals surface area contributed by atoms with Gasteiger partial charge in [-0.1, -0.05) is 6.42 Å². The van der Waals surface area contributed by atoms with Gasteiger partial charge in [0.05, 0.1) is 12.0 Å². The summed E-state index contributed by atoms with van der Waals surface area (Å²) in [5.41, 5.74) is 2.04. The number of aliphatic hydroxyl groups excluding tert-OH is 1.